The summed E-state index contributed by atoms with van der Waals surface area (Å²) in [5.41, 5.74) is 2.76. The van der Waals surface area contributed by atoms with Gasteiger partial charge in [0, 0.05) is 10.9 Å². The molecule has 2 rings (SSSR count). The molecule has 0 aliphatic carbocycles. The largest absolute Gasteiger partial charge is 0.496 e. The van der Waals surface area contributed by atoms with Crippen molar-refractivity contribution in [3.05, 3.63) is 34.2 Å². The van der Waals surface area contributed by atoms with Gasteiger partial charge < -0.3 is 9.84 Å². The van der Waals surface area contributed by atoms with E-state index in [0.29, 0.717) is 5.01 Å². The van der Waals surface area contributed by atoms with Gasteiger partial charge in [-0.05, 0) is 19.1 Å². The number of hydrogen-bond acceptors (Lipinski definition) is 4. The molecule has 0 saturated heterocycles. The van der Waals surface area contributed by atoms with Gasteiger partial charge in [-0.15, -0.1) is 11.3 Å². The van der Waals surface area contributed by atoms with Gasteiger partial charge in [0.15, 0.2) is 0 Å². The Morgan fingerprint density at radius 1 is 1.50 bits per heavy atom. The van der Waals surface area contributed by atoms with Crippen LogP contribution in [0.5, 0.6) is 5.75 Å². The zero-order valence-corrected chi connectivity index (χ0v) is 11.0. The number of aliphatic carboxylic acids is 1. The molecule has 1 aromatic heterocycles. The van der Waals surface area contributed by atoms with Crippen LogP contribution in [0.2, 0.25) is 0 Å². The Hall–Kier alpha value is -1.88. The molecule has 0 atom stereocenters. The molecule has 0 spiro atoms. The lowest BCUT2D eigenvalue weighted by Gasteiger charge is -2.06. The molecule has 0 amide bonds. The molecule has 0 radical (unpaired) electrons. The predicted molar refractivity (Wildman–Crippen MR) is 70.2 cm³/mol. The zero-order chi connectivity index (χ0) is 13.1. The molecule has 94 valence electrons. The van der Waals surface area contributed by atoms with Crippen molar-refractivity contribution in [1.82, 2.24) is 4.98 Å². The first-order valence-electron chi connectivity index (χ1n) is 5.41. The average Bonchev–Trinajstić information content (AvgIpc) is 2.76. The van der Waals surface area contributed by atoms with E-state index in [-0.39, 0.29) is 6.42 Å². The van der Waals surface area contributed by atoms with E-state index in [1.807, 2.05) is 30.5 Å². The van der Waals surface area contributed by atoms with Crippen LogP contribution in [-0.2, 0) is 11.2 Å². The van der Waals surface area contributed by atoms with Crippen LogP contribution in [0, 0.1) is 6.92 Å². The van der Waals surface area contributed by atoms with Crippen molar-refractivity contribution in [2.24, 2.45) is 0 Å². The molecule has 18 heavy (non-hydrogen) atoms. The SMILES string of the molecule is COc1ccc(C)cc1-c1csc(CC(=O)O)n1. The van der Waals surface area contributed by atoms with E-state index in [1.165, 1.54) is 11.3 Å². The number of benzene rings is 1. The maximum absolute atomic E-state index is 10.6. The third-order valence-electron chi connectivity index (χ3n) is 2.49. The van der Waals surface area contributed by atoms with Gasteiger partial charge in [-0.2, -0.15) is 0 Å². The highest BCUT2D eigenvalue weighted by atomic mass is 32.1. The number of hydrogen-bond donors (Lipinski definition) is 1. The highest BCUT2D eigenvalue weighted by Gasteiger charge is 2.11. The van der Waals surface area contributed by atoms with Crippen LogP contribution in [0.4, 0.5) is 0 Å². The Labute approximate surface area is 109 Å². The minimum atomic E-state index is -0.868. The van der Waals surface area contributed by atoms with E-state index < -0.39 is 5.97 Å². The number of thiazole rings is 1. The minimum absolute atomic E-state index is 0.0429. The van der Waals surface area contributed by atoms with Crippen LogP contribution in [0.15, 0.2) is 23.6 Å². The summed E-state index contributed by atoms with van der Waals surface area (Å²) in [6.45, 7) is 1.99. The second kappa shape index (κ2) is 5.18. The summed E-state index contributed by atoms with van der Waals surface area (Å²) >= 11 is 1.35. The number of nitrogens with zero attached hydrogens (tertiary/aromatic N) is 1. The molecule has 0 aliphatic rings. The van der Waals surface area contributed by atoms with Crippen molar-refractivity contribution in [2.45, 2.75) is 13.3 Å². The van der Waals surface area contributed by atoms with Crippen molar-refractivity contribution in [3.8, 4) is 17.0 Å². The smallest absolute Gasteiger partial charge is 0.310 e. The van der Waals surface area contributed by atoms with Gasteiger partial charge in [0.1, 0.15) is 10.8 Å². The molecular weight excluding hydrogens is 250 g/mol. The summed E-state index contributed by atoms with van der Waals surface area (Å²) in [7, 11) is 1.61. The Balaban J connectivity index is 2.38. The molecule has 1 aromatic carbocycles. The summed E-state index contributed by atoms with van der Waals surface area (Å²) in [6.07, 6.45) is -0.0429. The van der Waals surface area contributed by atoms with Gasteiger partial charge in [0.2, 0.25) is 0 Å². The molecule has 5 heteroatoms. The lowest BCUT2D eigenvalue weighted by molar-refractivity contribution is -0.136. The monoisotopic (exact) mass is 263 g/mol. The summed E-state index contributed by atoms with van der Waals surface area (Å²) in [5.74, 6) is -0.125. The van der Waals surface area contributed by atoms with E-state index in [2.05, 4.69) is 4.98 Å². The number of carboxylic acid groups (broad SMARTS) is 1. The zero-order valence-electron chi connectivity index (χ0n) is 10.1. The minimum Gasteiger partial charge on any atom is -0.496 e. The van der Waals surface area contributed by atoms with E-state index >= 15 is 0 Å². The molecule has 0 bridgehead atoms. The molecule has 2 aromatic rings. The fourth-order valence-corrected chi connectivity index (χ4v) is 2.45. The van der Waals surface area contributed by atoms with Crippen LogP contribution in [-0.4, -0.2) is 23.2 Å². The van der Waals surface area contributed by atoms with Crippen LogP contribution >= 0.6 is 11.3 Å². The molecule has 1 heterocycles. The van der Waals surface area contributed by atoms with Crippen LogP contribution < -0.4 is 4.74 Å². The van der Waals surface area contributed by atoms with Crippen molar-refractivity contribution in [2.75, 3.05) is 7.11 Å². The second-order valence-electron chi connectivity index (χ2n) is 3.90. The molecule has 0 aliphatic heterocycles. The predicted octanol–water partition coefficient (Wildman–Crippen LogP) is 2.75. The van der Waals surface area contributed by atoms with E-state index in [9.17, 15) is 4.79 Å². The van der Waals surface area contributed by atoms with Crippen molar-refractivity contribution >= 4 is 17.3 Å². The first kappa shape index (κ1) is 12.6. The van der Waals surface area contributed by atoms with Crippen LogP contribution in [0.1, 0.15) is 10.6 Å². The molecule has 0 unspecified atom stereocenters. The number of aromatic nitrogens is 1. The molecule has 0 saturated carbocycles. The summed E-state index contributed by atoms with van der Waals surface area (Å²) < 4.78 is 5.29. The molecule has 0 fully saturated rings. The first-order chi connectivity index (χ1) is 8.60. The Bertz CT molecular complexity index is 577. The number of methoxy groups -OCH3 is 1. The molecule has 1 N–H and O–H groups in total. The second-order valence-corrected chi connectivity index (χ2v) is 4.84. The van der Waals surface area contributed by atoms with Gasteiger partial charge in [0.25, 0.3) is 0 Å². The molecular formula is C13H13NO3S. The fraction of sp³-hybridized carbons (Fsp3) is 0.231. The number of carboxylic acids is 1. The highest BCUT2D eigenvalue weighted by molar-refractivity contribution is 7.10. The summed E-state index contributed by atoms with van der Waals surface area (Å²) in [6, 6.07) is 5.84. The Morgan fingerprint density at radius 3 is 2.94 bits per heavy atom. The van der Waals surface area contributed by atoms with E-state index in [4.69, 9.17) is 9.84 Å². The van der Waals surface area contributed by atoms with Crippen molar-refractivity contribution in [1.29, 1.82) is 0 Å². The number of aryl methyl sites for hydroxylation is 1. The van der Waals surface area contributed by atoms with Crippen molar-refractivity contribution < 1.29 is 14.6 Å². The normalized spacial score (nSPS) is 10.3. The third kappa shape index (κ3) is 2.68. The lowest BCUT2D eigenvalue weighted by Crippen LogP contribution is -1.99. The van der Waals surface area contributed by atoms with Gasteiger partial charge in [-0.1, -0.05) is 11.6 Å². The van der Waals surface area contributed by atoms with Crippen LogP contribution in [0.25, 0.3) is 11.3 Å². The standard InChI is InChI=1S/C13H13NO3S/c1-8-3-4-11(17-2)9(5-8)10-7-18-12(14-10)6-13(15)16/h3-5,7H,6H2,1-2H3,(H,15,16). The number of carbonyl (C=O) groups is 1. The van der Waals surface area contributed by atoms with E-state index in [1.54, 1.807) is 7.11 Å². The quantitative estimate of drug-likeness (QED) is 0.921. The Kier molecular flexibility index (Phi) is 3.62. The first-order valence-corrected chi connectivity index (χ1v) is 6.29. The fourth-order valence-electron chi connectivity index (χ4n) is 1.67. The number of rotatable bonds is 4. The maximum atomic E-state index is 10.6. The highest BCUT2D eigenvalue weighted by Crippen LogP contribution is 2.31. The number of ether oxygens (including phenoxy) is 1. The topological polar surface area (TPSA) is 59.4 Å². The lowest BCUT2D eigenvalue weighted by atomic mass is 10.1. The summed E-state index contributed by atoms with van der Waals surface area (Å²) in [5, 5.41) is 11.2. The summed E-state index contributed by atoms with van der Waals surface area (Å²) in [4.78, 5) is 15.0. The maximum Gasteiger partial charge on any atom is 0.310 e. The van der Waals surface area contributed by atoms with Gasteiger partial charge in [-0.25, -0.2) is 4.98 Å². The van der Waals surface area contributed by atoms with E-state index in [0.717, 1.165) is 22.6 Å². The van der Waals surface area contributed by atoms with Crippen LogP contribution in [0.3, 0.4) is 0 Å². The van der Waals surface area contributed by atoms with Gasteiger partial charge in [0.05, 0.1) is 19.2 Å². The van der Waals surface area contributed by atoms with Gasteiger partial charge >= 0.3 is 5.97 Å². The van der Waals surface area contributed by atoms with Crippen molar-refractivity contribution in [3.63, 3.8) is 0 Å². The Morgan fingerprint density at radius 2 is 2.28 bits per heavy atom. The molecule has 4 nitrogen and oxygen atoms in total. The van der Waals surface area contributed by atoms with Gasteiger partial charge in [-0.3, -0.25) is 4.79 Å². The third-order valence-corrected chi connectivity index (χ3v) is 3.33. The average molecular weight is 263 g/mol.